The summed E-state index contributed by atoms with van der Waals surface area (Å²) in [5, 5.41) is 14.1. The molecule has 0 unspecified atom stereocenters. The quantitative estimate of drug-likeness (QED) is 0.171. The second-order valence-corrected chi connectivity index (χ2v) is 11.3. The summed E-state index contributed by atoms with van der Waals surface area (Å²) < 4.78 is 13.5. The number of ether oxygens (including phenoxy) is 2. The van der Waals surface area contributed by atoms with E-state index in [-0.39, 0.29) is 41.7 Å². The molecule has 0 bridgehead atoms. The Kier molecular flexibility index (Phi) is 9.93. The van der Waals surface area contributed by atoms with Crippen molar-refractivity contribution in [2.24, 2.45) is 11.7 Å². The summed E-state index contributed by atoms with van der Waals surface area (Å²) in [6, 6.07) is 16.3. The summed E-state index contributed by atoms with van der Waals surface area (Å²) >= 11 is 0. The smallest absolute Gasteiger partial charge is 0.326 e. The molecular weight excluding hydrogens is 558 g/mol. The Hall–Kier alpha value is -3.86. The van der Waals surface area contributed by atoms with Crippen LogP contribution in [0.15, 0.2) is 65.6 Å². The second-order valence-electron chi connectivity index (χ2n) is 11.3. The minimum absolute atomic E-state index is 0. The standard InChI is InChI=1S/C31H37N5O5.ClH/c1-31(2,17-21-10-12-23(13-11-21)41-29-24(28(32)38)5-4-15-33-29)34-18-22(37)19-40-26-7-3-6-25-27(26)36(30(39)35-25)16-14-20-8-9-20;/h3-7,10-13,15,20,22,34,37H,8-9,14,16-19H2,1-2H3,(H2,32,38)(H,35,39);1H/t22-;/m0./s1. The lowest BCUT2D eigenvalue weighted by atomic mass is 9.94. The van der Waals surface area contributed by atoms with Gasteiger partial charge in [-0.1, -0.05) is 31.0 Å². The van der Waals surface area contributed by atoms with Crippen LogP contribution < -0.4 is 26.2 Å². The maximum Gasteiger partial charge on any atom is 0.326 e. The summed E-state index contributed by atoms with van der Waals surface area (Å²) in [5.74, 6) is 1.41. The van der Waals surface area contributed by atoms with Crippen LogP contribution in [0.1, 0.15) is 49.0 Å². The molecule has 1 amide bonds. The fraction of sp³-hybridized carbons (Fsp3) is 0.387. The lowest BCUT2D eigenvalue weighted by Crippen LogP contribution is -2.46. The van der Waals surface area contributed by atoms with Gasteiger partial charge in [0, 0.05) is 24.8 Å². The molecule has 0 radical (unpaired) electrons. The number of aliphatic hydroxyl groups is 1. The lowest BCUT2D eigenvalue weighted by molar-refractivity contribution is 0.0993. The average Bonchev–Trinajstić information content (AvgIpc) is 3.72. The zero-order chi connectivity index (χ0) is 29.0. The molecule has 1 aliphatic rings. The van der Waals surface area contributed by atoms with Crippen molar-refractivity contribution < 1.29 is 19.4 Å². The van der Waals surface area contributed by atoms with Crippen LogP contribution >= 0.6 is 12.4 Å². The molecule has 0 aliphatic heterocycles. The number of nitrogens with zero attached hydrogens (tertiary/aromatic N) is 2. The summed E-state index contributed by atoms with van der Waals surface area (Å²) in [5.41, 5.74) is 7.74. The highest BCUT2D eigenvalue weighted by Gasteiger charge is 2.23. The number of benzene rings is 2. The topological polar surface area (TPSA) is 144 Å². The molecule has 0 spiro atoms. The molecule has 224 valence electrons. The van der Waals surface area contributed by atoms with E-state index in [0.717, 1.165) is 23.0 Å². The number of carbonyl (C=O) groups is 1. The van der Waals surface area contributed by atoms with E-state index in [1.165, 1.54) is 12.8 Å². The monoisotopic (exact) mass is 595 g/mol. The minimum atomic E-state index is -0.747. The number of aromatic amines is 1. The normalized spacial score (nSPS) is 13.9. The van der Waals surface area contributed by atoms with Crippen molar-refractivity contribution in [2.45, 2.75) is 57.7 Å². The summed E-state index contributed by atoms with van der Waals surface area (Å²) in [6.07, 6.45) is 4.95. The fourth-order valence-corrected chi connectivity index (χ4v) is 4.89. The Morgan fingerprint density at radius 3 is 2.67 bits per heavy atom. The van der Waals surface area contributed by atoms with Gasteiger partial charge in [0.25, 0.3) is 5.91 Å². The van der Waals surface area contributed by atoms with Gasteiger partial charge in [0.1, 0.15) is 35.3 Å². The van der Waals surface area contributed by atoms with E-state index in [4.69, 9.17) is 15.2 Å². The van der Waals surface area contributed by atoms with Gasteiger partial charge in [-0.2, -0.15) is 0 Å². The highest BCUT2D eigenvalue weighted by Crippen LogP contribution is 2.33. The number of nitrogens with one attached hydrogen (secondary N) is 2. The predicted molar refractivity (Wildman–Crippen MR) is 164 cm³/mol. The maximum atomic E-state index is 12.5. The zero-order valence-corrected chi connectivity index (χ0v) is 24.7. The number of amides is 1. The van der Waals surface area contributed by atoms with Crippen LogP contribution in [0, 0.1) is 5.92 Å². The van der Waals surface area contributed by atoms with Crippen molar-refractivity contribution in [3.05, 3.63) is 82.4 Å². The number of aliphatic hydroxyl groups excluding tert-OH is 1. The highest BCUT2D eigenvalue weighted by molar-refractivity contribution is 5.95. The van der Waals surface area contributed by atoms with E-state index in [1.54, 1.807) is 22.9 Å². The van der Waals surface area contributed by atoms with Gasteiger partial charge in [0.15, 0.2) is 0 Å². The van der Waals surface area contributed by atoms with Crippen molar-refractivity contribution in [1.82, 2.24) is 19.9 Å². The van der Waals surface area contributed by atoms with Gasteiger partial charge in [-0.15, -0.1) is 12.4 Å². The number of pyridine rings is 1. The number of β-amino-alcohol motifs (C(OH)–C–C–N with tert-alkyl or cyclic N) is 1. The van der Waals surface area contributed by atoms with Crippen LogP contribution in [0.5, 0.6) is 17.4 Å². The zero-order valence-electron chi connectivity index (χ0n) is 23.8. The molecule has 11 heteroatoms. The molecule has 2 aromatic carbocycles. The van der Waals surface area contributed by atoms with E-state index in [2.05, 4.69) is 29.1 Å². The van der Waals surface area contributed by atoms with Gasteiger partial charge in [-0.3, -0.25) is 9.36 Å². The Morgan fingerprint density at radius 1 is 1.19 bits per heavy atom. The molecule has 4 aromatic rings. The Labute approximate surface area is 250 Å². The van der Waals surface area contributed by atoms with Gasteiger partial charge in [-0.05, 0) is 74.6 Å². The molecule has 42 heavy (non-hydrogen) atoms. The molecule has 0 saturated heterocycles. The number of H-pyrrole nitrogens is 1. The number of primary amides is 1. The maximum absolute atomic E-state index is 12.5. The molecule has 5 rings (SSSR count). The average molecular weight is 596 g/mol. The van der Waals surface area contributed by atoms with E-state index >= 15 is 0 Å². The summed E-state index contributed by atoms with van der Waals surface area (Å²) in [6.45, 7) is 5.22. The third kappa shape index (κ3) is 7.90. The van der Waals surface area contributed by atoms with E-state index in [1.807, 2.05) is 42.5 Å². The number of hydrogen-bond donors (Lipinski definition) is 4. The number of halogens is 1. The largest absolute Gasteiger partial charge is 0.489 e. The second kappa shape index (κ2) is 13.4. The lowest BCUT2D eigenvalue weighted by Gasteiger charge is -2.28. The number of fused-ring (bicyclic) bond motifs is 1. The van der Waals surface area contributed by atoms with E-state index in [0.29, 0.717) is 36.9 Å². The summed E-state index contributed by atoms with van der Waals surface area (Å²) in [4.78, 5) is 31.2. The Balaban J connectivity index is 0.00000405. The van der Waals surface area contributed by atoms with E-state index < -0.39 is 12.0 Å². The van der Waals surface area contributed by atoms with Crippen molar-refractivity contribution in [2.75, 3.05) is 13.2 Å². The molecule has 2 heterocycles. The number of aromatic nitrogens is 3. The number of imidazole rings is 1. The minimum Gasteiger partial charge on any atom is -0.489 e. The molecule has 2 aromatic heterocycles. The third-order valence-electron chi connectivity index (χ3n) is 7.28. The SMILES string of the molecule is CC(C)(Cc1ccc(Oc2ncccc2C(N)=O)cc1)NC[C@H](O)COc1cccc2[nH]c(=O)n(CCC3CC3)c12.Cl. The van der Waals surface area contributed by atoms with Crippen LogP contribution in [0.3, 0.4) is 0 Å². The highest BCUT2D eigenvalue weighted by atomic mass is 35.5. The van der Waals surface area contributed by atoms with Crippen LogP contribution in [0.25, 0.3) is 11.0 Å². The van der Waals surface area contributed by atoms with Gasteiger partial charge in [0.05, 0.1) is 5.52 Å². The predicted octanol–water partition coefficient (Wildman–Crippen LogP) is 4.19. The molecule has 5 N–H and O–H groups in total. The number of para-hydroxylation sites is 1. The first kappa shape index (κ1) is 31.1. The van der Waals surface area contributed by atoms with Crippen molar-refractivity contribution in [3.8, 4) is 17.4 Å². The number of carbonyl (C=O) groups excluding carboxylic acids is 1. The van der Waals surface area contributed by atoms with Crippen molar-refractivity contribution in [3.63, 3.8) is 0 Å². The molecule has 10 nitrogen and oxygen atoms in total. The molecule has 1 fully saturated rings. The first-order chi connectivity index (χ1) is 19.7. The molecule has 1 saturated carbocycles. The number of nitrogens with two attached hydrogens (primary N) is 1. The number of rotatable bonds is 14. The van der Waals surface area contributed by atoms with Crippen LogP contribution in [0.4, 0.5) is 0 Å². The van der Waals surface area contributed by atoms with Gasteiger partial charge < -0.3 is 30.6 Å². The van der Waals surface area contributed by atoms with Gasteiger partial charge >= 0.3 is 5.69 Å². The number of aryl methyl sites for hydroxylation is 1. The van der Waals surface area contributed by atoms with Crippen molar-refractivity contribution in [1.29, 1.82) is 0 Å². The van der Waals surface area contributed by atoms with Gasteiger partial charge in [-0.25, -0.2) is 9.78 Å². The van der Waals surface area contributed by atoms with Crippen LogP contribution in [-0.2, 0) is 13.0 Å². The first-order valence-corrected chi connectivity index (χ1v) is 14.0. The van der Waals surface area contributed by atoms with Crippen molar-refractivity contribution >= 4 is 29.3 Å². The molecular formula is C31H38ClN5O5. The van der Waals surface area contributed by atoms with Crippen LogP contribution in [-0.4, -0.2) is 50.3 Å². The number of hydrogen-bond acceptors (Lipinski definition) is 7. The van der Waals surface area contributed by atoms with Gasteiger partial charge in [0.2, 0.25) is 5.88 Å². The Bertz CT molecular complexity index is 1560. The summed E-state index contributed by atoms with van der Waals surface area (Å²) in [7, 11) is 0. The molecule has 1 atom stereocenters. The van der Waals surface area contributed by atoms with E-state index in [9.17, 15) is 14.7 Å². The van der Waals surface area contributed by atoms with Crippen LogP contribution in [0.2, 0.25) is 0 Å². The fourth-order valence-electron chi connectivity index (χ4n) is 4.89. The first-order valence-electron chi connectivity index (χ1n) is 14.0. The molecule has 1 aliphatic carbocycles. The Morgan fingerprint density at radius 2 is 1.95 bits per heavy atom. The third-order valence-corrected chi connectivity index (χ3v) is 7.28.